The molecular formula is C14H19NO4. The Labute approximate surface area is 112 Å². The molecule has 5 nitrogen and oxygen atoms in total. The Morgan fingerprint density at radius 3 is 2.21 bits per heavy atom. The van der Waals surface area contributed by atoms with Gasteiger partial charge in [0.25, 0.3) is 0 Å². The third-order valence-corrected chi connectivity index (χ3v) is 2.77. The molecule has 0 saturated heterocycles. The highest BCUT2D eigenvalue weighted by Crippen LogP contribution is 2.19. The molecule has 104 valence electrons. The van der Waals surface area contributed by atoms with Crippen molar-refractivity contribution in [2.24, 2.45) is 0 Å². The number of aromatic nitrogens is 1. The zero-order chi connectivity index (χ0) is 14.4. The minimum atomic E-state index is -0.601. The number of hydrogen-bond acceptors (Lipinski definition) is 5. The molecule has 0 atom stereocenters. The van der Waals surface area contributed by atoms with Crippen molar-refractivity contribution in [1.82, 2.24) is 4.98 Å². The van der Waals surface area contributed by atoms with E-state index in [2.05, 4.69) is 4.98 Å². The number of rotatable bonds is 5. The van der Waals surface area contributed by atoms with Gasteiger partial charge in [-0.25, -0.2) is 14.6 Å². The molecule has 0 saturated carbocycles. The Kier molecular flexibility index (Phi) is 5.48. The van der Waals surface area contributed by atoms with Crippen LogP contribution in [0.1, 0.15) is 52.7 Å². The summed E-state index contributed by atoms with van der Waals surface area (Å²) >= 11 is 0. The Hall–Kier alpha value is -1.91. The summed E-state index contributed by atoms with van der Waals surface area (Å²) in [5, 5.41) is 0. The van der Waals surface area contributed by atoms with E-state index in [-0.39, 0.29) is 24.5 Å². The lowest BCUT2D eigenvalue weighted by Crippen LogP contribution is -2.18. The van der Waals surface area contributed by atoms with E-state index in [1.165, 1.54) is 0 Å². The molecule has 0 N–H and O–H groups in total. The van der Waals surface area contributed by atoms with Gasteiger partial charge in [0.05, 0.1) is 18.8 Å². The number of pyridine rings is 1. The summed E-state index contributed by atoms with van der Waals surface area (Å²) in [5.41, 5.74) is 1.87. The van der Waals surface area contributed by atoms with Gasteiger partial charge >= 0.3 is 11.9 Å². The van der Waals surface area contributed by atoms with E-state index in [4.69, 9.17) is 9.47 Å². The number of ether oxygens (including phenoxy) is 2. The van der Waals surface area contributed by atoms with Gasteiger partial charge in [-0.15, -0.1) is 0 Å². The first-order chi connectivity index (χ1) is 9.06. The monoisotopic (exact) mass is 265 g/mol. The quantitative estimate of drug-likeness (QED) is 0.764. The van der Waals surface area contributed by atoms with Crippen molar-refractivity contribution < 1.29 is 19.1 Å². The van der Waals surface area contributed by atoms with Crippen LogP contribution in [-0.4, -0.2) is 30.1 Å². The van der Waals surface area contributed by atoms with Crippen molar-refractivity contribution in [3.8, 4) is 0 Å². The summed E-state index contributed by atoms with van der Waals surface area (Å²) in [6.45, 7) is 7.65. The van der Waals surface area contributed by atoms with Crippen LogP contribution in [0.4, 0.5) is 0 Å². The minimum Gasteiger partial charge on any atom is -0.462 e. The van der Waals surface area contributed by atoms with Gasteiger partial charge in [0, 0.05) is 6.20 Å². The first kappa shape index (κ1) is 15.1. The molecule has 0 bridgehead atoms. The predicted octanol–water partition coefficient (Wildman–Crippen LogP) is 2.31. The molecule has 1 heterocycles. The lowest BCUT2D eigenvalue weighted by Gasteiger charge is -2.12. The second-order valence-corrected chi connectivity index (χ2v) is 3.93. The van der Waals surface area contributed by atoms with Crippen LogP contribution >= 0.6 is 0 Å². The molecule has 19 heavy (non-hydrogen) atoms. The van der Waals surface area contributed by atoms with Gasteiger partial charge in [-0.3, -0.25) is 0 Å². The molecule has 0 aliphatic rings. The molecule has 0 aliphatic heterocycles. The third-order valence-electron chi connectivity index (χ3n) is 2.77. The summed E-state index contributed by atoms with van der Waals surface area (Å²) in [6.07, 6.45) is 2.33. The molecule has 0 radical (unpaired) electrons. The largest absolute Gasteiger partial charge is 0.462 e. The smallest absolute Gasteiger partial charge is 0.357 e. The van der Waals surface area contributed by atoms with E-state index in [1.807, 2.05) is 6.92 Å². The van der Waals surface area contributed by atoms with Gasteiger partial charge < -0.3 is 9.47 Å². The molecule has 1 aromatic rings. The van der Waals surface area contributed by atoms with Crippen LogP contribution < -0.4 is 0 Å². The van der Waals surface area contributed by atoms with Crippen LogP contribution in [0.25, 0.3) is 0 Å². The van der Waals surface area contributed by atoms with Gasteiger partial charge in [-0.1, -0.05) is 6.92 Å². The first-order valence-corrected chi connectivity index (χ1v) is 6.39. The van der Waals surface area contributed by atoms with E-state index in [9.17, 15) is 9.59 Å². The Morgan fingerprint density at radius 2 is 1.68 bits per heavy atom. The maximum atomic E-state index is 12.0. The van der Waals surface area contributed by atoms with Crippen molar-refractivity contribution in [3.63, 3.8) is 0 Å². The van der Waals surface area contributed by atoms with E-state index < -0.39 is 11.9 Å². The van der Waals surface area contributed by atoms with Crippen molar-refractivity contribution >= 4 is 11.9 Å². The number of hydrogen-bond donors (Lipinski definition) is 0. The second-order valence-electron chi connectivity index (χ2n) is 3.93. The summed E-state index contributed by atoms with van der Waals surface area (Å²) in [7, 11) is 0. The average molecular weight is 265 g/mol. The van der Waals surface area contributed by atoms with Gasteiger partial charge in [0.1, 0.15) is 0 Å². The predicted molar refractivity (Wildman–Crippen MR) is 70.3 cm³/mol. The number of nitrogens with zero attached hydrogens (tertiary/aromatic N) is 1. The lowest BCUT2D eigenvalue weighted by atomic mass is 10.0. The van der Waals surface area contributed by atoms with Gasteiger partial charge in [-0.05, 0) is 38.3 Å². The van der Waals surface area contributed by atoms with Crippen LogP contribution in [-0.2, 0) is 15.9 Å². The zero-order valence-electron chi connectivity index (χ0n) is 11.8. The molecule has 1 aromatic heterocycles. The molecule has 0 unspecified atom stereocenters. The van der Waals surface area contributed by atoms with Crippen LogP contribution in [0.2, 0.25) is 0 Å². The number of esters is 2. The molecule has 5 heteroatoms. The number of carbonyl (C=O) groups is 2. The SMILES string of the molecule is CCOC(=O)c1ncc(CC)c(C)c1C(=O)OCC. The zero-order valence-corrected chi connectivity index (χ0v) is 11.8. The maximum absolute atomic E-state index is 12.0. The fourth-order valence-electron chi connectivity index (χ4n) is 1.81. The highest BCUT2D eigenvalue weighted by molar-refractivity contribution is 6.03. The average Bonchev–Trinajstić information content (AvgIpc) is 2.38. The van der Waals surface area contributed by atoms with Gasteiger partial charge in [0.15, 0.2) is 5.69 Å². The van der Waals surface area contributed by atoms with Crippen LogP contribution in [0.15, 0.2) is 6.20 Å². The number of carbonyl (C=O) groups excluding carboxylic acids is 2. The van der Waals surface area contributed by atoms with Crippen LogP contribution in [0.3, 0.4) is 0 Å². The van der Waals surface area contributed by atoms with Crippen molar-refractivity contribution in [2.75, 3.05) is 13.2 Å². The van der Waals surface area contributed by atoms with Crippen LogP contribution in [0.5, 0.6) is 0 Å². The highest BCUT2D eigenvalue weighted by Gasteiger charge is 2.24. The van der Waals surface area contributed by atoms with Gasteiger partial charge in [-0.2, -0.15) is 0 Å². The molecule has 0 aromatic carbocycles. The summed E-state index contributed by atoms with van der Waals surface area (Å²) in [6, 6.07) is 0. The summed E-state index contributed by atoms with van der Waals surface area (Å²) < 4.78 is 9.91. The fourth-order valence-corrected chi connectivity index (χ4v) is 1.81. The van der Waals surface area contributed by atoms with E-state index in [0.29, 0.717) is 0 Å². The van der Waals surface area contributed by atoms with Crippen LogP contribution in [0, 0.1) is 6.92 Å². The molecular weight excluding hydrogens is 246 g/mol. The topological polar surface area (TPSA) is 65.5 Å². The summed E-state index contributed by atoms with van der Waals surface area (Å²) in [5.74, 6) is -1.14. The van der Waals surface area contributed by atoms with Crippen molar-refractivity contribution in [2.45, 2.75) is 34.1 Å². The van der Waals surface area contributed by atoms with Gasteiger partial charge in [0.2, 0.25) is 0 Å². The standard InChI is InChI=1S/C14H19NO4/c1-5-10-8-15-12(14(17)19-7-3)11(9(10)4)13(16)18-6-2/h8H,5-7H2,1-4H3. The molecule has 0 fully saturated rings. The van der Waals surface area contributed by atoms with E-state index in [1.54, 1.807) is 27.0 Å². The third kappa shape index (κ3) is 3.30. The first-order valence-electron chi connectivity index (χ1n) is 6.39. The molecule has 1 rings (SSSR count). The Morgan fingerprint density at radius 1 is 1.11 bits per heavy atom. The van der Waals surface area contributed by atoms with E-state index >= 15 is 0 Å². The lowest BCUT2D eigenvalue weighted by molar-refractivity contribution is 0.0472. The summed E-state index contributed by atoms with van der Waals surface area (Å²) in [4.78, 5) is 27.9. The van der Waals surface area contributed by atoms with E-state index in [0.717, 1.165) is 17.5 Å². The Bertz CT molecular complexity index is 483. The normalized spacial score (nSPS) is 10.1. The minimum absolute atomic E-state index is 0.0231. The molecule has 0 aliphatic carbocycles. The second kappa shape index (κ2) is 6.87. The molecule has 0 spiro atoms. The fraction of sp³-hybridized carbons (Fsp3) is 0.500. The maximum Gasteiger partial charge on any atom is 0.357 e. The number of aryl methyl sites for hydroxylation is 1. The highest BCUT2D eigenvalue weighted by atomic mass is 16.5. The van der Waals surface area contributed by atoms with Crippen molar-refractivity contribution in [1.29, 1.82) is 0 Å². The van der Waals surface area contributed by atoms with Crippen molar-refractivity contribution in [3.05, 3.63) is 28.6 Å². The Balaban J connectivity index is 3.34. The molecule has 0 amide bonds.